The van der Waals surface area contributed by atoms with Crippen molar-refractivity contribution in [3.05, 3.63) is 12.2 Å². The van der Waals surface area contributed by atoms with E-state index in [1.165, 1.54) is 70.6 Å². The predicted octanol–water partition coefficient (Wildman–Crippen LogP) is -4.77. The Bertz CT molecular complexity index is 2980. The van der Waals surface area contributed by atoms with Crippen molar-refractivity contribution >= 4 is 19.8 Å². The Hall–Kier alpha value is -2.61. The lowest BCUT2D eigenvalue weighted by Gasteiger charge is -2.49. The van der Waals surface area contributed by atoms with E-state index in [0.717, 1.165) is 70.6 Å². The second-order valence-electron chi connectivity index (χ2n) is 32.9. The van der Waals surface area contributed by atoms with Gasteiger partial charge in [-0.25, -0.2) is 4.57 Å². The molecule has 24 N–H and O–H groups in total. The number of hydrogen-bond donors (Lipinski definition) is 24. The summed E-state index contributed by atoms with van der Waals surface area (Å²) >= 11 is 0. The molecule has 44 heteroatoms. The van der Waals surface area contributed by atoms with Gasteiger partial charge in [-0.2, -0.15) is 0 Å². The van der Waals surface area contributed by atoms with Crippen LogP contribution in [-0.4, -0.2) is 414 Å². The Labute approximate surface area is 714 Å². The minimum absolute atomic E-state index is 0.0314. The summed E-state index contributed by atoms with van der Waals surface area (Å²) in [4.78, 5) is 38.4. The zero-order valence-electron chi connectivity index (χ0n) is 69.9. The first kappa shape index (κ1) is 107. The first-order chi connectivity index (χ1) is 58.7. The normalized spacial score (nSPS) is 39.7. The smallest absolute Gasteiger partial charge is 0.462 e. The second-order valence-corrected chi connectivity index (χ2v) is 34.3. The molecular weight excluding hydrogens is 1670 g/mol. The standard InChI is InChI=1S/C79H141O43P/c1-3-5-7-9-11-13-15-17-18-20-22-24-26-28-30-32-49(83)113-41(35-107-48(82)31-29-27-25-23-21-19-16-14-12-10-8-6-4-2)36-112-123(105,106)122-73-71(120-78-69(103)57(91)51(85)43(34-81)115-78)63(97)62(96)64(98)72(73)121-79-70(104)61(95)55(89)47(119-79)40-111-77-68(102)60(94)54(88)46(118-77)39-110-76-67(101)59(93)53(87)45(117-76)38-109-75-66(100)58(92)52(86)44(116-75)37-108-74-65(99)56(90)50(84)42(33-80)114-74/h17-18,41-47,50-81,84-104H,3-16,19-40H2,1-2H3,(H,105,106)/b18-17-/t41-,42?,43?,44?,45?,46?,47?,50+,51-,52+,53+,54+,55+,56?,57?,58?,59?,60?,61?,62+,63?,64?,65+,66+,67+,68+,69-,70+,71-,72?,73+,74-,75-,76-,77-,78-,79+/m1/s1. The van der Waals surface area contributed by atoms with Crippen LogP contribution < -0.4 is 0 Å². The van der Waals surface area contributed by atoms with Crippen molar-refractivity contribution in [2.45, 2.75) is 421 Å². The predicted molar refractivity (Wildman–Crippen MR) is 417 cm³/mol. The number of unbranched alkanes of at least 4 members (excludes halogenated alkanes) is 23. The molecule has 0 spiro atoms. The van der Waals surface area contributed by atoms with Gasteiger partial charge < -0.3 is 189 Å². The number of carbonyl (C=O) groups is 2. The summed E-state index contributed by atoms with van der Waals surface area (Å²) in [6.07, 6.45) is -46.4. The number of rotatable bonds is 55. The van der Waals surface area contributed by atoms with Gasteiger partial charge >= 0.3 is 19.8 Å². The lowest BCUT2D eigenvalue weighted by molar-refractivity contribution is -0.365. The molecule has 720 valence electrons. The SMILES string of the molecule is CCCCCCCC/C=C\CCCCCCCC(=O)O[C@H](COC(=O)CCCCCCCCCCCCCCC)COP(=O)(O)O[C@@H]1C(O[C@@H]2OC(CO[C@@H]3OC(CO[C@@H]4OC(CO[C@@H]5OC(CO[C@@H]6OC(CO)[C@H](O)C(O)[C@@H]6O)[C@H](O)C(O)[C@@H]5O)[C@H](O)C(O)[C@@H]4O)[C@H](O)C(O)[C@@H]3O)[C@H](O)C(O)[C@@H]2O)C(O)[C@@H](O)C(O)[C@H]1O[C@H]1OC(CO)[C@@H](O)C(O)[C@H]1O. The molecule has 1 aliphatic carbocycles. The van der Waals surface area contributed by atoms with Crippen LogP contribution in [0, 0.1) is 0 Å². The number of phosphoric ester groups is 1. The van der Waals surface area contributed by atoms with Gasteiger partial charge in [-0.1, -0.05) is 154 Å². The topological polar surface area (TPSA) is 684 Å². The van der Waals surface area contributed by atoms with Crippen LogP contribution in [-0.2, 0) is 89.5 Å². The molecule has 1 saturated carbocycles. The number of esters is 2. The van der Waals surface area contributed by atoms with Crippen molar-refractivity contribution in [1.82, 2.24) is 0 Å². The van der Waals surface area contributed by atoms with Gasteiger partial charge in [0, 0.05) is 12.8 Å². The number of allylic oxidation sites excluding steroid dienone is 2. The van der Waals surface area contributed by atoms with E-state index in [2.05, 4.69) is 26.0 Å². The zero-order valence-corrected chi connectivity index (χ0v) is 70.8. The summed E-state index contributed by atoms with van der Waals surface area (Å²) in [5.41, 5.74) is 0. The monoisotopic (exact) mass is 1810 g/mol. The molecule has 43 nitrogen and oxygen atoms in total. The Morgan fingerprint density at radius 1 is 0.317 bits per heavy atom. The fourth-order valence-corrected chi connectivity index (χ4v) is 16.4. The Morgan fingerprint density at radius 2 is 0.585 bits per heavy atom. The van der Waals surface area contributed by atoms with Crippen LogP contribution in [0.4, 0.5) is 0 Å². The number of aliphatic hydroxyl groups excluding tert-OH is 23. The third-order valence-corrected chi connectivity index (χ3v) is 24.2. The largest absolute Gasteiger partial charge is 0.472 e. The summed E-state index contributed by atoms with van der Waals surface area (Å²) in [5, 5.41) is 250. The Kier molecular flexibility index (Phi) is 48.1. The van der Waals surface area contributed by atoms with Crippen molar-refractivity contribution in [2.75, 3.05) is 52.9 Å². The van der Waals surface area contributed by atoms with E-state index in [1.54, 1.807) is 0 Å². The first-order valence-corrected chi connectivity index (χ1v) is 45.1. The molecule has 0 amide bonds. The van der Waals surface area contributed by atoms with Gasteiger partial charge in [0.2, 0.25) is 0 Å². The highest BCUT2D eigenvalue weighted by atomic mass is 31.2. The maximum absolute atomic E-state index is 14.5. The summed E-state index contributed by atoms with van der Waals surface area (Å²) < 4.78 is 104. The van der Waals surface area contributed by atoms with E-state index in [0.29, 0.717) is 25.7 Å². The fraction of sp³-hybridized carbons (Fsp3) is 0.949. The van der Waals surface area contributed by atoms with E-state index in [9.17, 15) is 136 Å². The lowest BCUT2D eigenvalue weighted by atomic mass is 9.84. The van der Waals surface area contributed by atoms with Crippen LogP contribution in [0.2, 0.25) is 0 Å². The molecule has 38 atom stereocenters. The average Bonchev–Trinajstić information content (AvgIpc) is 0.762. The number of hydrogen-bond acceptors (Lipinski definition) is 42. The highest BCUT2D eigenvalue weighted by molar-refractivity contribution is 7.47. The van der Waals surface area contributed by atoms with Gasteiger partial charge in [-0.15, -0.1) is 0 Å². The molecule has 0 bridgehead atoms. The van der Waals surface area contributed by atoms with Crippen LogP contribution in [0.15, 0.2) is 12.2 Å². The van der Waals surface area contributed by atoms with Gasteiger partial charge in [-0.3, -0.25) is 18.6 Å². The van der Waals surface area contributed by atoms with Crippen molar-refractivity contribution in [3.63, 3.8) is 0 Å². The molecule has 7 rings (SSSR count). The van der Waals surface area contributed by atoms with Crippen molar-refractivity contribution in [2.24, 2.45) is 0 Å². The summed E-state index contributed by atoms with van der Waals surface area (Å²) in [5.74, 6) is -1.51. The lowest BCUT2D eigenvalue weighted by Crippen LogP contribution is -2.69. The molecule has 123 heavy (non-hydrogen) atoms. The first-order valence-electron chi connectivity index (χ1n) is 43.6. The van der Waals surface area contributed by atoms with E-state index < -0.39 is 300 Å². The highest BCUT2D eigenvalue weighted by Gasteiger charge is 2.60. The summed E-state index contributed by atoms with van der Waals surface area (Å²) in [7, 11) is -5.89. The Morgan fingerprint density at radius 3 is 0.919 bits per heavy atom. The minimum atomic E-state index is -5.89. The number of carbonyl (C=O) groups excluding carboxylic acids is 2. The van der Waals surface area contributed by atoms with Crippen molar-refractivity contribution in [1.29, 1.82) is 0 Å². The molecular formula is C79H141O43P. The van der Waals surface area contributed by atoms with Crippen LogP contribution in [0.25, 0.3) is 0 Å². The molecule has 7 aliphatic rings. The van der Waals surface area contributed by atoms with Crippen LogP contribution >= 0.6 is 7.82 Å². The number of ether oxygens (including phenoxy) is 14. The molecule has 6 saturated heterocycles. The average molecular weight is 1810 g/mol. The molecule has 0 aromatic carbocycles. The second kappa shape index (κ2) is 55.0. The molecule has 0 aromatic heterocycles. The van der Waals surface area contributed by atoms with E-state index in [-0.39, 0.29) is 12.8 Å². The maximum Gasteiger partial charge on any atom is 0.472 e. The van der Waals surface area contributed by atoms with Gasteiger partial charge in [-0.05, 0) is 38.5 Å². The minimum Gasteiger partial charge on any atom is -0.462 e. The molecule has 6 heterocycles. The van der Waals surface area contributed by atoms with Crippen LogP contribution in [0.5, 0.6) is 0 Å². The summed E-state index contributed by atoms with van der Waals surface area (Å²) in [6, 6.07) is 0. The van der Waals surface area contributed by atoms with E-state index in [1.807, 2.05) is 0 Å². The maximum atomic E-state index is 14.5. The molecule has 16 unspecified atom stereocenters. The van der Waals surface area contributed by atoms with Gasteiger partial charge in [0.05, 0.1) is 46.2 Å². The Balaban J connectivity index is 1.00. The highest BCUT2D eigenvalue weighted by Crippen LogP contribution is 2.49. The molecule has 0 aromatic rings. The zero-order chi connectivity index (χ0) is 90.2. The summed E-state index contributed by atoms with van der Waals surface area (Å²) in [6.45, 7) is -2.92. The van der Waals surface area contributed by atoms with E-state index >= 15 is 0 Å². The molecule has 0 radical (unpaired) electrons. The van der Waals surface area contributed by atoms with Gasteiger partial charge in [0.25, 0.3) is 0 Å². The van der Waals surface area contributed by atoms with Gasteiger partial charge in [0.1, 0.15) is 190 Å². The quantitative estimate of drug-likeness (QED) is 0.0118. The molecule has 6 aliphatic heterocycles. The van der Waals surface area contributed by atoms with Crippen LogP contribution in [0.3, 0.4) is 0 Å². The van der Waals surface area contributed by atoms with Crippen molar-refractivity contribution in [3.8, 4) is 0 Å². The number of aliphatic hydroxyl groups is 23. The number of phosphoric acid groups is 1. The van der Waals surface area contributed by atoms with Crippen molar-refractivity contribution < 1.29 is 212 Å². The fourth-order valence-electron chi connectivity index (χ4n) is 15.4. The third-order valence-electron chi connectivity index (χ3n) is 23.2. The van der Waals surface area contributed by atoms with Crippen LogP contribution in [0.1, 0.15) is 194 Å². The third kappa shape index (κ3) is 32.4. The molecule has 7 fully saturated rings. The van der Waals surface area contributed by atoms with Gasteiger partial charge in [0.15, 0.2) is 43.8 Å². The van der Waals surface area contributed by atoms with E-state index in [4.69, 9.17) is 75.4 Å².